The summed E-state index contributed by atoms with van der Waals surface area (Å²) in [6.45, 7) is 5.81. The minimum atomic E-state index is -0.517. The number of alkyl carbamates (subject to hydrolysis) is 1. The number of carbonyl (C=O) groups is 1. The maximum atomic E-state index is 13.7. The first-order chi connectivity index (χ1) is 9.69. The smallest absolute Gasteiger partial charge is 0.407 e. The summed E-state index contributed by atoms with van der Waals surface area (Å²) in [5, 5.41) is 2.96. The summed E-state index contributed by atoms with van der Waals surface area (Å²) in [6, 6.07) is 2.88. The van der Waals surface area contributed by atoms with Crippen LogP contribution in [0.4, 0.5) is 9.18 Å². The van der Waals surface area contributed by atoms with Gasteiger partial charge in [0.2, 0.25) is 0 Å². The third-order valence-corrected chi connectivity index (χ3v) is 3.18. The van der Waals surface area contributed by atoms with Gasteiger partial charge in [0.05, 0.1) is 0 Å². The van der Waals surface area contributed by atoms with Crippen molar-refractivity contribution < 1.29 is 13.9 Å². The van der Waals surface area contributed by atoms with Crippen LogP contribution in [0.1, 0.15) is 32.8 Å². The first-order valence-corrected chi connectivity index (χ1v) is 7.64. The second-order valence-electron chi connectivity index (χ2n) is 5.40. The van der Waals surface area contributed by atoms with E-state index < -0.39 is 17.5 Å². The molecule has 0 aromatic heterocycles. The molecule has 0 radical (unpaired) electrons. The zero-order valence-electron chi connectivity index (χ0n) is 12.2. The standard InChI is InChI=1S/C15H18BrClFNO2/c1-15(2,3)21-14(20)19-7-5-4-6-11-12(16)8-10(17)9-13(11)18/h4,6,8-9H,5,7H2,1-3H3,(H,19,20). The van der Waals surface area contributed by atoms with Crippen molar-refractivity contribution >= 4 is 39.7 Å². The third-order valence-electron chi connectivity index (χ3n) is 2.31. The van der Waals surface area contributed by atoms with Crippen LogP contribution in [0.3, 0.4) is 0 Å². The number of halogens is 3. The molecule has 0 saturated heterocycles. The lowest BCUT2D eigenvalue weighted by Gasteiger charge is -2.19. The summed E-state index contributed by atoms with van der Waals surface area (Å²) in [5.41, 5.74) is -0.0892. The van der Waals surface area contributed by atoms with Crippen molar-refractivity contribution in [3.05, 3.63) is 39.1 Å². The van der Waals surface area contributed by atoms with E-state index in [1.807, 2.05) is 0 Å². The molecule has 116 valence electrons. The van der Waals surface area contributed by atoms with Crippen molar-refractivity contribution in [1.29, 1.82) is 0 Å². The number of nitrogens with one attached hydrogen (secondary N) is 1. The van der Waals surface area contributed by atoms with Crippen molar-refractivity contribution in [3.63, 3.8) is 0 Å². The van der Waals surface area contributed by atoms with Gasteiger partial charge in [-0.2, -0.15) is 0 Å². The first kappa shape index (κ1) is 18.0. The zero-order chi connectivity index (χ0) is 16.0. The lowest BCUT2D eigenvalue weighted by atomic mass is 10.2. The molecular weight excluding hydrogens is 361 g/mol. The number of ether oxygens (including phenoxy) is 1. The van der Waals surface area contributed by atoms with Crippen molar-refractivity contribution in [2.75, 3.05) is 6.54 Å². The summed E-state index contributed by atoms with van der Waals surface area (Å²) in [5.74, 6) is -0.397. The molecule has 0 atom stereocenters. The molecule has 0 fully saturated rings. The highest BCUT2D eigenvalue weighted by atomic mass is 79.9. The lowest BCUT2D eigenvalue weighted by Crippen LogP contribution is -2.32. The predicted octanol–water partition coefficient (Wildman–Crippen LogP) is 5.17. The Morgan fingerprint density at radius 1 is 1.48 bits per heavy atom. The molecule has 0 aliphatic heterocycles. The quantitative estimate of drug-likeness (QED) is 0.734. The van der Waals surface area contributed by atoms with Crippen molar-refractivity contribution in [2.45, 2.75) is 32.8 Å². The fourth-order valence-corrected chi connectivity index (χ4v) is 2.39. The van der Waals surface area contributed by atoms with Gasteiger partial charge in [0.1, 0.15) is 11.4 Å². The average molecular weight is 379 g/mol. The normalized spacial score (nSPS) is 11.7. The molecule has 3 nitrogen and oxygen atoms in total. The van der Waals surface area contributed by atoms with E-state index in [0.29, 0.717) is 28.0 Å². The van der Waals surface area contributed by atoms with Gasteiger partial charge in [-0.25, -0.2) is 9.18 Å². The van der Waals surface area contributed by atoms with Gasteiger partial charge < -0.3 is 10.1 Å². The highest BCUT2D eigenvalue weighted by Gasteiger charge is 2.15. The number of benzene rings is 1. The van der Waals surface area contributed by atoms with E-state index in [9.17, 15) is 9.18 Å². The number of carbonyl (C=O) groups excluding carboxylic acids is 1. The summed E-state index contributed by atoms with van der Waals surface area (Å²) < 4.78 is 19.4. The van der Waals surface area contributed by atoms with Gasteiger partial charge in [0.15, 0.2) is 0 Å². The van der Waals surface area contributed by atoms with Crippen molar-refractivity contribution in [3.8, 4) is 0 Å². The molecule has 21 heavy (non-hydrogen) atoms. The molecule has 1 aromatic rings. The van der Waals surface area contributed by atoms with Crippen LogP contribution in [0.15, 0.2) is 22.7 Å². The Balaban J connectivity index is 2.45. The molecule has 1 amide bonds. The average Bonchev–Trinajstić information content (AvgIpc) is 2.29. The highest BCUT2D eigenvalue weighted by molar-refractivity contribution is 9.10. The van der Waals surface area contributed by atoms with Gasteiger partial charge in [0, 0.05) is 21.6 Å². The molecule has 0 heterocycles. The highest BCUT2D eigenvalue weighted by Crippen LogP contribution is 2.25. The van der Waals surface area contributed by atoms with Crippen LogP contribution in [-0.2, 0) is 4.74 Å². The van der Waals surface area contributed by atoms with Crippen LogP contribution in [-0.4, -0.2) is 18.2 Å². The Morgan fingerprint density at radius 2 is 2.14 bits per heavy atom. The molecule has 6 heteroatoms. The van der Waals surface area contributed by atoms with Crippen LogP contribution in [0, 0.1) is 5.82 Å². The van der Waals surface area contributed by atoms with Crippen LogP contribution >= 0.6 is 27.5 Å². The number of amides is 1. The topological polar surface area (TPSA) is 38.3 Å². The molecule has 0 unspecified atom stereocenters. The molecular formula is C15H18BrClFNO2. The first-order valence-electron chi connectivity index (χ1n) is 6.47. The van der Waals surface area contributed by atoms with Crippen molar-refractivity contribution in [1.82, 2.24) is 5.32 Å². The summed E-state index contributed by atoms with van der Waals surface area (Å²) in [6.07, 6.45) is 3.52. The van der Waals surface area contributed by atoms with Gasteiger partial charge in [-0.15, -0.1) is 0 Å². The van der Waals surface area contributed by atoms with Gasteiger partial charge in [0.25, 0.3) is 0 Å². The lowest BCUT2D eigenvalue weighted by molar-refractivity contribution is 0.0529. The van der Waals surface area contributed by atoms with E-state index in [1.54, 1.807) is 39.0 Å². The SMILES string of the molecule is CC(C)(C)OC(=O)NCCC=Cc1c(F)cc(Cl)cc1Br. The minimum Gasteiger partial charge on any atom is -0.444 e. The van der Waals surface area contributed by atoms with E-state index >= 15 is 0 Å². The Bertz CT molecular complexity index is 518. The second kappa shape index (κ2) is 7.80. The molecule has 0 aliphatic rings. The van der Waals surface area contributed by atoms with E-state index in [4.69, 9.17) is 16.3 Å². The van der Waals surface area contributed by atoms with Crippen LogP contribution in [0.25, 0.3) is 6.08 Å². The zero-order valence-corrected chi connectivity index (χ0v) is 14.5. The third kappa shape index (κ3) is 6.96. The fourth-order valence-electron chi connectivity index (χ4n) is 1.49. The largest absolute Gasteiger partial charge is 0.444 e. The number of hydrogen-bond acceptors (Lipinski definition) is 2. The molecule has 1 N–H and O–H groups in total. The van der Waals surface area contributed by atoms with Gasteiger partial charge in [-0.1, -0.05) is 39.7 Å². The molecule has 0 aliphatic carbocycles. The van der Waals surface area contributed by atoms with E-state index in [1.165, 1.54) is 6.07 Å². The maximum Gasteiger partial charge on any atom is 0.407 e. The Morgan fingerprint density at radius 3 is 2.71 bits per heavy atom. The van der Waals surface area contributed by atoms with Gasteiger partial charge >= 0.3 is 6.09 Å². The van der Waals surface area contributed by atoms with Crippen LogP contribution < -0.4 is 5.32 Å². The number of hydrogen-bond donors (Lipinski definition) is 1. The van der Waals surface area contributed by atoms with Crippen LogP contribution in [0.2, 0.25) is 5.02 Å². The van der Waals surface area contributed by atoms with Gasteiger partial charge in [-0.05, 0) is 39.3 Å². The Kier molecular flexibility index (Phi) is 6.68. The molecule has 0 spiro atoms. The van der Waals surface area contributed by atoms with E-state index in [2.05, 4.69) is 21.2 Å². The minimum absolute atomic E-state index is 0.336. The molecule has 1 aromatic carbocycles. The predicted molar refractivity (Wildman–Crippen MR) is 87.0 cm³/mol. The van der Waals surface area contributed by atoms with E-state index in [-0.39, 0.29) is 0 Å². The second-order valence-corrected chi connectivity index (χ2v) is 6.69. The molecule has 0 bridgehead atoms. The molecule has 0 saturated carbocycles. The Labute approximate surface area is 137 Å². The molecule has 1 rings (SSSR count). The summed E-state index contributed by atoms with van der Waals surface area (Å²) in [4.78, 5) is 11.4. The van der Waals surface area contributed by atoms with Gasteiger partial charge in [-0.3, -0.25) is 0 Å². The van der Waals surface area contributed by atoms with E-state index in [0.717, 1.165) is 0 Å². The Hall–Kier alpha value is -1.07. The fraction of sp³-hybridized carbons (Fsp3) is 0.400. The maximum absolute atomic E-state index is 13.7. The van der Waals surface area contributed by atoms with Crippen LogP contribution in [0.5, 0.6) is 0 Å². The monoisotopic (exact) mass is 377 g/mol. The summed E-state index contributed by atoms with van der Waals surface area (Å²) >= 11 is 9.00. The number of rotatable bonds is 4. The van der Waals surface area contributed by atoms with Crippen molar-refractivity contribution in [2.24, 2.45) is 0 Å². The summed E-state index contributed by atoms with van der Waals surface area (Å²) in [7, 11) is 0.